The summed E-state index contributed by atoms with van der Waals surface area (Å²) >= 11 is 0. The zero-order valence-corrected chi connectivity index (χ0v) is 9.04. The van der Waals surface area contributed by atoms with Crippen LogP contribution in [-0.2, 0) is 4.79 Å². The maximum atomic E-state index is 10.5. The Morgan fingerprint density at radius 1 is 1.21 bits per heavy atom. The number of carbonyl (C=O) groups is 1. The zero-order valence-electron chi connectivity index (χ0n) is 9.04. The minimum atomic E-state index is 0.898. The number of piperazine rings is 1. The molecule has 4 heteroatoms. The Kier molecular flexibility index (Phi) is 5.56. The topological polar surface area (TPSA) is 35.6 Å². The van der Waals surface area contributed by atoms with Crippen LogP contribution in [0.4, 0.5) is 0 Å². The van der Waals surface area contributed by atoms with Gasteiger partial charge in [-0.2, -0.15) is 0 Å². The van der Waals surface area contributed by atoms with Crippen molar-refractivity contribution in [2.45, 2.75) is 12.8 Å². The van der Waals surface area contributed by atoms with E-state index >= 15 is 0 Å². The lowest BCUT2D eigenvalue weighted by atomic mass is 10.2. The van der Waals surface area contributed by atoms with Crippen LogP contribution in [0.15, 0.2) is 0 Å². The summed E-state index contributed by atoms with van der Waals surface area (Å²) in [6, 6.07) is 0. The van der Waals surface area contributed by atoms with E-state index < -0.39 is 0 Å². The summed E-state index contributed by atoms with van der Waals surface area (Å²) in [6.45, 7) is 6.16. The molecule has 1 N–H and O–H groups in total. The van der Waals surface area contributed by atoms with Gasteiger partial charge < -0.3 is 10.2 Å². The Morgan fingerprint density at radius 2 is 1.93 bits per heavy atom. The molecule has 4 nitrogen and oxygen atoms in total. The molecular formula is C10H21N3O. The molecule has 1 aliphatic heterocycles. The van der Waals surface area contributed by atoms with E-state index in [1.165, 1.54) is 19.4 Å². The fourth-order valence-corrected chi connectivity index (χ4v) is 1.73. The van der Waals surface area contributed by atoms with Gasteiger partial charge in [0, 0.05) is 26.2 Å². The number of nitrogens with one attached hydrogen (secondary N) is 1. The van der Waals surface area contributed by atoms with Crippen LogP contribution in [0.25, 0.3) is 0 Å². The second-order valence-corrected chi connectivity index (χ2v) is 3.79. The van der Waals surface area contributed by atoms with E-state index in [1.807, 2.05) is 11.9 Å². The van der Waals surface area contributed by atoms with Crippen molar-refractivity contribution in [3.63, 3.8) is 0 Å². The Morgan fingerprint density at radius 3 is 2.50 bits per heavy atom. The quantitative estimate of drug-likeness (QED) is 0.474. The molecule has 1 rings (SSSR count). The Balaban J connectivity index is 2.01. The van der Waals surface area contributed by atoms with Crippen molar-refractivity contribution in [3.8, 4) is 0 Å². The van der Waals surface area contributed by atoms with E-state index in [-0.39, 0.29) is 0 Å². The number of rotatable bonds is 6. The summed E-state index contributed by atoms with van der Waals surface area (Å²) in [5.41, 5.74) is 0. The highest BCUT2D eigenvalue weighted by atomic mass is 16.1. The number of hydrogen-bond donors (Lipinski definition) is 1. The van der Waals surface area contributed by atoms with Crippen LogP contribution in [0.1, 0.15) is 12.8 Å². The summed E-state index contributed by atoms with van der Waals surface area (Å²) < 4.78 is 0. The normalized spacial score (nSPS) is 18.5. The first-order valence-electron chi connectivity index (χ1n) is 5.43. The second kappa shape index (κ2) is 6.79. The minimum Gasteiger partial charge on any atom is -0.343 e. The molecule has 82 valence electrons. The fourth-order valence-electron chi connectivity index (χ4n) is 1.73. The van der Waals surface area contributed by atoms with Crippen LogP contribution in [0.3, 0.4) is 0 Å². The van der Waals surface area contributed by atoms with E-state index in [1.54, 1.807) is 0 Å². The van der Waals surface area contributed by atoms with Crippen LogP contribution in [0.5, 0.6) is 0 Å². The van der Waals surface area contributed by atoms with Crippen LogP contribution in [-0.4, -0.2) is 62.5 Å². The maximum Gasteiger partial charge on any atom is 0.209 e. The first-order valence-corrected chi connectivity index (χ1v) is 5.43. The number of amides is 1. The average Bonchev–Trinajstić information content (AvgIpc) is 2.25. The lowest BCUT2D eigenvalue weighted by Crippen LogP contribution is -2.45. The summed E-state index contributed by atoms with van der Waals surface area (Å²) in [5, 5.41) is 3.15. The molecule has 0 aromatic heterocycles. The molecule has 1 saturated heterocycles. The van der Waals surface area contributed by atoms with Gasteiger partial charge in [0.25, 0.3) is 0 Å². The monoisotopic (exact) mass is 199 g/mol. The van der Waals surface area contributed by atoms with E-state index in [9.17, 15) is 4.79 Å². The standard InChI is InChI=1S/C10H21N3O/c1-11-4-2-3-5-12-6-8-13(10-14)9-7-12/h10-11H,2-9H2,1H3. The van der Waals surface area contributed by atoms with Gasteiger partial charge >= 0.3 is 0 Å². The van der Waals surface area contributed by atoms with Crippen LogP contribution in [0, 0.1) is 0 Å². The molecule has 0 aliphatic carbocycles. The molecule has 1 heterocycles. The summed E-state index contributed by atoms with van der Waals surface area (Å²) in [5.74, 6) is 0. The highest BCUT2D eigenvalue weighted by Crippen LogP contribution is 2.01. The van der Waals surface area contributed by atoms with Gasteiger partial charge in [0.1, 0.15) is 0 Å². The molecular weight excluding hydrogens is 178 g/mol. The van der Waals surface area contributed by atoms with Crippen LogP contribution >= 0.6 is 0 Å². The Labute approximate surface area is 86.2 Å². The van der Waals surface area contributed by atoms with Crippen LogP contribution in [0.2, 0.25) is 0 Å². The van der Waals surface area contributed by atoms with Gasteiger partial charge in [-0.25, -0.2) is 0 Å². The molecule has 1 fully saturated rings. The summed E-state index contributed by atoms with van der Waals surface area (Å²) in [4.78, 5) is 14.8. The third-order valence-corrected chi connectivity index (χ3v) is 2.71. The summed E-state index contributed by atoms with van der Waals surface area (Å²) in [6.07, 6.45) is 3.45. The maximum absolute atomic E-state index is 10.5. The van der Waals surface area contributed by atoms with Gasteiger partial charge in [-0.15, -0.1) is 0 Å². The fraction of sp³-hybridized carbons (Fsp3) is 0.900. The number of hydrogen-bond acceptors (Lipinski definition) is 3. The van der Waals surface area contributed by atoms with E-state index in [0.717, 1.165) is 39.1 Å². The molecule has 0 aromatic rings. The largest absolute Gasteiger partial charge is 0.343 e. The molecule has 0 unspecified atom stereocenters. The van der Waals surface area contributed by atoms with Gasteiger partial charge in [0.2, 0.25) is 6.41 Å². The number of unbranched alkanes of at least 4 members (excludes halogenated alkanes) is 1. The van der Waals surface area contributed by atoms with Gasteiger partial charge in [0.05, 0.1) is 0 Å². The van der Waals surface area contributed by atoms with Gasteiger partial charge in [-0.1, -0.05) is 0 Å². The third kappa shape index (κ3) is 4.07. The summed E-state index contributed by atoms with van der Waals surface area (Å²) in [7, 11) is 1.99. The van der Waals surface area contributed by atoms with Crippen molar-refractivity contribution < 1.29 is 4.79 Å². The molecule has 1 aliphatic rings. The van der Waals surface area contributed by atoms with Crippen molar-refractivity contribution in [2.24, 2.45) is 0 Å². The van der Waals surface area contributed by atoms with Crippen molar-refractivity contribution in [1.82, 2.24) is 15.1 Å². The number of carbonyl (C=O) groups excluding carboxylic acids is 1. The van der Waals surface area contributed by atoms with E-state index in [0.29, 0.717) is 0 Å². The van der Waals surface area contributed by atoms with Gasteiger partial charge in [0.15, 0.2) is 0 Å². The van der Waals surface area contributed by atoms with Crippen LogP contribution < -0.4 is 5.32 Å². The zero-order chi connectivity index (χ0) is 10.2. The number of nitrogens with zero attached hydrogens (tertiary/aromatic N) is 2. The van der Waals surface area contributed by atoms with Gasteiger partial charge in [-0.05, 0) is 33.0 Å². The average molecular weight is 199 g/mol. The molecule has 14 heavy (non-hydrogen) atoms. The molecule has 0 spiro atoms. The van der Waals surface area contributed by atoms with Crippen molar-refractivity contribution >= 4 is 6.41 Å². The van der Waals surface area contributed by atoms with Crippen molar-refractivity contribution in [3.05, 3.63) is 0 Å². The molecule has 0 radical (unpaired) electrons. The molecule has 0 atom stereocenters. The lowest BCUT2D eigenvalue weighted by molar-refractivity contribution is -0.119. The Hall–Kier alpha value is -0.610. The molecule has 0 aromatic carbocycles. The third-order valence-electron chi connectivity index (χ3n) is 2.71. The first kappa shape index (κ1) is 11.5. The second-order valence-electron chi connectivity index (χ2n) is 3.79. The molecule has 0 saturated carbocycles. The molecule has 0 bridgehead atoms. The highest BCUT2D eigenvalue weighted by molar-refractivity contribution is 5.47. The predicted octanol–water partition coefficient (Wildman–Crippen LogP) is -0.240. The van der Waals surface area contributed by atoms with Crippen molar-refractivity contribution in [1.29, 1.82) is 0 Å². The minimum absolute atomic E-state index is 0.898. The molecule has 1 amide bonds. The van der Waals surface area contributed by atoms with E-state index in [4.69, 9.17) is 0 Å². The Bertz CT molecular complexity index is 155. The smallest absolute Gasteiger partial charge is 0.209 e. The van der Waals surface area contributed by atoms with Gasteiger partial charge in [-0.3, -0.25) is 9.69 Å². The van der Waals surface area contributed by atoms with Crippen molar-refractivity contribution in [2.75, 3.05) is 46.3 Å². The van der Waals surface area contributed by atoms with E-state index in [2.05, 4.69) is 10.2 Å². The highest BCUT2D eigenvalue weighted by Gasteiger charge is 2.13. The SMILES string of the molecule is CNCCCCN1CCN(C=O)CC1. The first-order chi connectivity index (χ1) is 6.86. The lowest BCUT2D eigenvalue weighted by Gasteiger charge is -2.32. The predicted molar refractivity (Wildman–Crippen MR) is 57.2 cm³/mol.